The Kier molecular flexibility index (Phi) is 6.04. The zero-order valence-corrected chi connectivity index (χ0v) is 30.8. The number of para-hydroxylation sites is 2. The molecule has 0 atom stereocenters. The summed E-state index contributed by atoms with van der Waals surface area (Å²) in [5.74, 6) is 0.730. The number of thiophene rings is 1. The average Bonchev–Trinajstić information content (AvgIpc) is 3.80. The van der Waals surface area contributed by atoms with E-state index in [1.165, 1.54) is 85.1 Å². The molecule has 0 bridgehead atoms. The Morgan fingerprint density at radius 3 is 2.04 bits per heavy atom. The van der Waals surface area contributed by atoms with Crippen LogP contribution in [0.3, 0.4) is 0 Å². The van der Waals surface area contributed by atoms with Crippen molar-refractivity contribution in [2.24, 2.45) is 0 Å². The zero-order chi connectivity index (χ0) is 36.5. The van der Waals surface area contributed by atoms with Gasteiger partial charge in [0, 0.05) is 53.1 Å². The van der Waals surface area contributed by atoms with Gasteiger partial charge in [-0.1, -0.05) is 133 Å². The van der Waals surface area contributed by atoms with Gasteiger partial charge in [0.25, 0.3) is 0 Å². The Hall–Kier alpha value is -7.14. The lowest BCUT2D eigenvalue weighted by Gasteiger charge is -2.15. The first kappa shape index (κ1) is 30.2. The number of nitrogens with zero attached hydrogens (tertiary/aromatic N) is 3. The van der Waals surface area contributed by atoms with Crippen LogP contribution in [0.15, 0.2) is 176 Å². The van der Waals surface area contributed by atoms with Gasteiger partial charge < -0.3 is 4.57 Å². The van der Waals surface area contributed by atoms with E-state index in [4.69, 9.17) is 9.97 Å². The van der Waals surface area contributed by atoms with Crippen molar-refractivity contribution in [2.75, 3.05) is 0 Å². The highest BCUT2D eigenvalue weighted by Gasteiger charge is 2.22. The van der Waals surface area contributed by atoms with Crippen LogP contribution in [0, 0.1) is 0 Å². The molecule has 56 heavy (non-hydrogen) atoms. The molecule has 3 aromatic heterocycles. The smallest absolute Gasteiger partial charge is 0.161 e. The largest absolute Gasteiger partial charge is 0.309 e. The Bertz CT molecular complexity index is 3760. The molecule has 258 valence electrons. The fourth-order valence-corrected chi connectivity index (χ4v) is 10.6. The minimum Gasteiger partial charge on any atom is -0.309 e. The number of hydrogen-bond acceptors (Lipinski definition) is 3. The van der Waals surface area contributed by atoms with Crippen LogP contribution in [0.2, 0.25) is 0 Å². The van der Waals surface area contributed by atoms with E-state index in [2.05, 4.69) is 180 Å². The maximum atomic E-state index is 5.50. The topological polar surface area (TPSA) is 30.7 Å². The normalized spacial score (nSPS) is 12.3. The molecule has 0 amide bonds. The molecule has 0 saturated heterocycles. The van der Waals surface area contributed by atoms with Gasteiger partial charge in [0.2, 0.25) is 0 Å². The van der Waals surface area contributed by atoms with Crippen LogP contribution in [0.4, 0.5) is 0 Å². The molecule has 0 aliphatic carbocycles. The second kappa shape index (κ2) is 11.2. The van der Waals surface area contributed by atoms with Crippen LogP contribution in [-0.2, 0) is 0 Å². The maximum Gasteiger partial charge on any atom is 0.161 e. The number of aromatic nitrogens is 3. The fourth-order valence-electron chi connectivity index (χ4n) is 9.40. The molecule has 0 aliphatic rings. The van der Waals surface area contributed by atoms with Crippen LogP contribution in [-0.4, -0.2) is 14.5 Å². The number of benzene rings is 10. The van der Waals surface area contributed by atoms with E-state index in [1.54, 1.807) is 0 Å². The van der Waals surface area contributed by atoms with Crippen LogP contribution in [0.5, 0.6) is 0 Å². The first-order valence-electron chi connectivity index (χ1n) is 19.1. The van der Waals surface area contributed by atoms with E-state index in [9.17, 15) is 0 Å². The minimum atomic E-state index is 0.730. The summed E-state index contributed by atoms with van der Waals surface area (Å²) in [6.07, 6.45) is 0. The summed E-state index contributed by atoms with van der Waals surface area (Å²) in [4.78, 5) is 10.8. The predicted octanol–water partition coefficient (Wildman–Crippen LogP) is 14.5. The molecule has 0 saturated carbocycles. The Labute approximate surface area is 324 Å². The van der Waals surface area contributed by atoms with Gasteiger partial charge in [-0.3, -0.25) is 0 Å². The molecule has 3 heterocycles. The van der Waals surface area contributed by atoms with E-state index >= 15 is 0 Å². The highest BCUT2D eigenvalue weighted by atomic mass is 32.1. The summed E-state index contributed by atoms with van der Waals surface area (Å²) >= 11 is 1.82. The molecule has 0 N–H and O–H groups in total. The molecule has 0 aliphatic heterocycles. The van der Waals surface area contributed by atoms with Crippen molar-refractivity contribution in [3.8, 4) is 28.3 Å². The average molecular weight is 728 g/mol. The molecule has 0 spiro atoms. The standard InChI is InChI=1S/C52H29N3S/c1-2-11-33-26-35(23-20-30(33)10-1)50-38-15-3-6-17-43(38)53-52(54-50)42-29-36(28-41-37-14-5-8-19-46(37)56-51(41)42)55-44-18-7-4-16-39(44)49-40-25-24-32-13-9-12-31-21-22-34(27-45(49)55)48(40)47(31)32/h1-29H. The summed E-state index contributed by atoms with van der Waals surface area (Å²) in [5.41, 5.74) is 7.46. The molecule has 3 nitrogen and oxygen atoms in total. The molecule has 13 rings (SSSR count). The number of hydrogen-bond donors (Lipinski definition) is 0. The van der Waals surface area contributed by atoms with Crippen molar-refractivity contribution in [3.05, 3.63) is 176 Å². The van der Waals surface area contributed by atoms with Gasteiger partial charge in [-0.15, -0.1) is 11.3 Å². The highest BCUT2D eigenvalue weighted by Crippen LogP contribution is 2.46. The zero-order valence-electron chi connectivity index (χ0n) is 30.0. The van der Waals surface area contributed by atoms with Gasteiger partial charge in [0.15, 0.2) is 5.82 Å². The fraction of sp³-hybridized carbons (Fsp3) is 0. The Morgan fingerprint density at radius 2 is 1.12 bits per heavy atom. The molecule has 4 heteroatoms. The first-order valence-corrected chi connectivity index (χ1v) is 19.9. The molecule has 10 aromatic carbocycles. The van der Waals surface area contributed by atoms with Crippen molar-refractivity contribution in [2.45, 2.75) is 0 Å². The van der Waals surface area contributed by atoms with Crippen molar-refractivity contribution in [1.82, 2.24) is 14.5 Å². The molecular weight excluding hydrogens is 699 g/mol. The first-order chi connectivity index (χ1) is 27.7. The molecule has 0 fully saturated rings. The van der Waals surface area contributed by atoms with E-state index in [-0.39, 0.29) is 0 Å². The SMILES string of the molecule is c1ccc2cc(-c3nc(-c4cc(-n5c6ccccc6c6c7ccc8cccc9ccc(cc65)c7c98)cc5c4sc4ccccc45)nc4ccccc34)ccc2c1. The molecule has 0 radical (unpaired) electrons. The monoisotopic (exact) mass is 727 g/mol. The Balaban J connectivity index is 1.15. The van der Waals surface area contributed by atoms with Crippen molar-refractivity contribution in [1.29, 1.82) is 0 Å². The van der Waals surface area contributed by atoms with E-state index in [0.29, 0.717) is 0 Å². The number of fused-ring (bicyclic) bond motifs is 9. The summed E-state index contributed by atoms with van der Waals surface area (Å²) in [6.45, 7) is 0. The maximum absolute atomic E-state index is 5.50. The second-order valence-electron chi connectivity index (χ2n) is 14.9. The Morgan fingerprint density at radius 1 is 0.411 bits per heavy atom. The third kappa shape index (κ3) is 4.16. The van der Waals surface area contributed by atoms with Crippen molar-refractivity contribution < 1.29 is 0 Å². The van der Waals surface area contributed by atoms with Gasteiger partial charge in [-0.05, 0) is 85.6 Å². The highest BCUT2D eigenvalue weighted by molar-refractivity contribution is 7.26. The van der Waals surface area contributed by atoms with E-state index in [0.717, 1.165) is 39.2 Å². The van der Waals surface area contributed by atoms with Gasteiger partial charge in [0.1, 0.15) is 0 Å². The van der Waals surface area contributed by atoms with Crippen molar-refractivity contribution >= 4 is 107 Å². The summed E-state index contributed by atoms with van der Waals surface area (Å²) < 4.78 is 4.92. The summed E-state index contributed by atoms with van der Waals surface area (Å²) in [5, 5.41) is 16.2. The third-order valence-corrected chi connectivity index (χ3v) is 13.1. The quantitative estimate of drug-likeness (QED) is 0.170. The van der Waals surface area contributed by atoms with Gasteiger partial charge in [-0.25, -0.2) is 9.97 Å². The van der Waals surface area contributed by atoms with Gasteiger partial charge >= 0.3 is 0 Å². The minimum absolute atomic E-state index is 0.730. The molecule has 0 unspecified atom stereocenters. The molecular formula is C52H29N3S. The summed E-state index contributed by atoms with van der Waals surface area (Å²) in [6, 6.07) is 64.2. The van der Waals surface area contributed by atoms with Gasteiger partial charge in [0.05, 0.1) is 22.2 Å². The van der Waals surface area contributed by atoms with Gasteiger partial charge in [-0.2, -0.15) is 0 Å². The van der Waals surface area contributed by atoms with Crippen LogP contribution in [0.1, 0.15) is 0 Å². The molecule has 13 aromatic rings. The lowest BCUT2D eigenvalue weighted by molar-refractivity contribution is 1.18. The second-order valence-corrected chi connectivity index (χ2v) is 16.0. The van der Waals surface area contributed by atoms with E-state index in [1.807, 2.05) is 11.3 Å². The lowest BCUT2D eigenvalue weighted by Crippen LogP contribution is -1.98. The number of rotatable bonds is 3. The van der Waals surface area contributed by atoms with E-state index < -0.39 is 0 Å². The predicted molar refractivity (Wildman–Crippen MR) is 239 cm³/mol. The van der Waals surface area contributed by atoms with Crippen LogP contribution >= 0.6 is 11.3 Å². The van der Waals surface area contributed by atoms with Crippen LogP contribution < -0.4 is 0 Å². The van der Waals surface area contributed by atoms with Crippen molar-refractivity contribution in [3.63, 3.8) is 0 Å². The third-order valence-electron chi connectivity index (χ3n) is 11.9. The van der Waals surface area contributed by atoms with Crippen LogP contribution in [0.25, 0.3) is 124 Å². The lowest BCUT2D eigenvalue weighted by atomic mass is 9.92. The summed E-state index contributed by atoms with van der Waals surface area (Å²) in [7, 11) is 0.